The molecule has 0 bridgehead atoms. The smallest absolute Gasteiger partial charge is 0.224 e. The first-order valence-corrected chi connectivity index (χ1v) is 6.59. The molecule has 3 aromatic rings. The molecule has 0 spiro atoms. The molecule has 100 valence electrons. The van der Waals surface area contributed by atoms with Crippen molar-refractivity contribution in [2.75, 3.05) is 5.32 Å². The lowest BCUT2D eigenvalue weighted by molar-refractivity contribution is -0.116. The van der Waals surface area contributed by atoms with Crippen LogP contribution in [0.1, 0.15) is 12.1 Å². The number of aromatic amines is 1. The van der Waals surface area contributed by atoms with Gasteiger partial charge in [-0.2, -0.15) is 0 Å². The summed E-state index contributed by atoms with van der Waals surface area (Å²) in [7, 11) is 0. The van der Waals surface area contributed by atoms with Gasteiger partial charge >= 0.3 is 0 Å². The Balaban J connectivity index is 1.71. The second kappa shape index (κ2) is 5.57. The van der Waals surface area contributed by atoms with E-state index in [0.717, 1.165) is 22.3 Å². The summed E-state index contributed by atoms with van der Waals surface area (Å²) < 4.78 is 0. The fraction of sp³-hybridized carbons (Fsp3) is 0.125. The fourth-order valence-corrected chi connectivity index (χ4v) is 2.19. The average Bonchev–Trinajstić information content (AvgIpc) is 2.99. The van der Waals surface area contributed by atoms with Gasteiger partial charge < -0.3 is 10.3 Å². The molecule has 20 heavy (non-hydrogen) atoms. The number of H-pyrrole nitrogens is 1. The van der Waals surface area contributed by atoms with Crippen LogP contribution in [-0.2, 0) is 11.2 Å². The number of carbonyl (C=O) groups excluding carboxylic acids is 1. The number of pyridine rings is 1. The molecule has 1 amide bonds. The van der Waals surface area contributed by atoms with E-state index in [1.54, 1.807) is 6.20 Å². The number of anilines is 1. The molecule has 4 nitrogen and oxygen atoms in total. The molecular formula is C16H15N3O. The van der Waals surface area contributed by atoms with Gasteiger partial charge in [-0.3, -0.25) is 9.78 Å². The lowest BCUT2D eigenvalue weighted by Crippen LogP contribution is -2.12. The van der Waals surface area contributed by atoms with E-state index < -0.39 is 0 Å². The first-order valence-electron chi connectivity index (χ1n) is 6.59. The molecule has 2 heterocycles. The Bertz CT molecular complexity index is 714. The van der Waals surface area contributed by atoms with E-state index in [0.29, 0.717) is 12.8 Å². The van der Waals surface area contributed by atoms with Crippen LogP contribution < -0.4 is 5.32 Å². The van der Waals surface area contributed by atoms with Crippen LogP contribution in [0.2, 0.25) is 0 Å². The van der Waals surface area contributed by atoms with E-state index in [9.17, 15) is 4.79 Å². The standard InChI is InChI=1S/C16H15N3O/c20-15(9-8-13-6-3-10-17-13)19-14-7-1-4-12-5-2-11-18-16(12)14/h1-7,10-11,17H,8-9H2,(H,19,20). The summed E-state index contributed by atoms with van der Waals surface area (Å²) in [4.78, 5) is 19.4. The van der Waals surface area contributed by atoms with Gasteiger partial charge in [-0.15, -0.1) is 0 Å². The number of aryl methyl sites for hydroxylation is 1. The molecule has 0 aliphatic rings. The zero-order valence-electron chi connectivity index (χ0n) is 11.0. The molecule has 1 aromatic carbocycles. The minimum atomic E-state index is -0.00208. The maximum Gasteiger partial charge on any atom is 0.224 e. The molecule has 3 rings (SSSR count). The minimum Gasteiger partial charge on any atom is -0.365 e. The lowest BCUT2D eigenvalue weighted by Gasteiger charge is -2.07. The molecule has 0 atom stereocenters. The highest BCUT2D eigenvalue weighted by Crippen LogP contribution is 2.20. The summed E-state index contributed by atoms with van der Waals surface area (Å²) in [6.07, 6.45) is 4.75. The summed E-state index contributed by atoms with van der Waals surface area (Å²) in [5, 5.41) is 3.95. The van der Waals surface area contributed by atoms with Crippen molar-refractivity contribution in [1.29, 1.82) is 0 Å². The molecule has 0 aliphatic heterocycles. The Morgan fingerprint density at radius 3 is 2.90 bits per heavy atom. The van der Waals surface area contributed by atoms with Crippen molar-refractivity contribution in [2.24, 2.45) is 0 Å². The largest absolute Gasteiger partial charge is 0.365 e. The highest BCUT2D eigenvalue weighted by molar-refractivity contribution is 6.00. The monoisotopic (exact) mass is 265 g/mol. The van der Waals surface area contributed by atoms with Crippen molar-refractivity contribution in [1.82, 2.24) is 9.97 Å². The molecule has 2 N–H and O–H groups in total. The Morgan fingerprint density at radius 1 is 1.15 bits per heavy atom. The molecule has 2 aromatic heterocycles. The van der Waals surface area contributed by atoms with Crippen molar-refractivity contribution in [3.05, 3.63) is 60.6 Å². The van der Waals surface area contributed by atoms with E-state index >= 15 is 0 Å². The van der Waals surface area contributed by atoms with Crippen molar-refractivity contribution in [3.63, 3.8) is 0 Å². The van der Waals surface area contributed by atoms with E-state index in [-0.39, 0.29) is 5.91 Å². The second-order valence-corrected chi connectivity index (χ2v) is 4.62. The Labute approximate surface area is 116 Å². The van der Waals surface area contributed by atoms with Gasteiger partial charge in [0.05, 0.1) is 11.2 Å². The number of aromatic nitrogens is 2. The maximum atomic E-state index is 12.0. The van der Waals surface area contributed by atoms with E-state index in [1.165, 1.54) is 0 Å². The number of benzene rings is 1. The third-order valence-electron chi connectivity index (χ3n) is 3.19. The molecule has 0 fully saturated rings. The number of rotatable bonds is 4. The van der Waals surface area contributed by atoms with Gasteiger partial charge in [-0.1, -0.05) is 18.2 Å². The van der Waals surface area contributed by atoms with Crippen LogP contribution in [0.25, 0.3) is 10.9 Å². The Kier molecular flexibility index (Phi) is 3.46. The number of fused-ring (bicyclic) bond motifs is 1. The van der Waals surface area contributed by atoms with Gasteiger partial charge in [-0.25, -0.2) is 0 Å². The molecular weight excluding hydrogens is 250 g/mol. The average molecular weight is 265 g/mol. The lowest BCUT2D eigenvalue weighted by atomic mass is 10.2. The number of nitrogens with one attached hydrogen (secondary N) is 2. The van der Waals surface area contributed by atoms with Gasteiger partial charge in [0, 0.05) is 29.9 Å². The summed E-state index contributed by atoms with van der Waals surface area (Å²) in [5.41, 5.74) is 2.65. The molecule has 0 saturated carbocycles. The molecule has 0 saturated heterocycles. The summed E-state index contributed by atoms with van der Waals surface area (Å²) in [6.45, 7) is 0. The number of hydrogen-bond donors (Lipinski definition) is 2. The van der Waals surface area contributed by atoms with Crippen molar-refractivity contribution < 1.29 is 4.79 Å². The topological polar surface area (TPSA) is 57.8 Å². The molecule has 4 heteroatoms. The van der Waals surface area contributed by atoms with Gasteiger partial charge in [0.2, 0.25) is 5.91 Å². The van der Waals surface area contributed by atoms with Crippen molar-refractivity contribution >= 4 is 22.5 Å². The van der Waals surface area contributed by atoms with E-state index in [1.807, 2.05) is 48.7 Å². The first-order chi connectivity index (χ1) is 9.83. The van der Waals surface area contributed by atoms with Crippen LogP contribution in [-0.4, -0.2) is 15.9 Å². The zero-order valence-corrected chi connectivity index (χ0v) is 11.0. The van der Waals surface area contributed by atoms with Crippen LogP contribution >= 0.6 is 0 Å². The molecule has 0 radical (unpaired) electrons. The van der Waals surface area contributed by atoms with Gasteiger partial charge in [0.25, 0.3) is 0 Å². The summed E-state index contributed by atoms with van der Waals surface area (Å²) in [5.74, 6) is -0.00208. The van der Waals surface area contributed by atoms with E-state index in [2.05, 4.69) is 15.3 Å². The predicted molar refractivity (Wildman–Crippen MR) is 79.5 cm³/mol. The van der Waals surface area contributed by atoms with Crippen molar-refractivity contribution in [3.8, 4) is 0 Å². The third-order valence-corrected chi connectivity index (χ3v) is 3.19. The summed E-state index contributed by atoms with van der Waals surface area (Å²) in [6, 6.07) is 13.6. The van der Waals surface area contributed by atoms with Crippen LogP contribution in [0.5, 0.6) is 0 Å². The molecule has 0 unspecified atom stereocenters. The Morgan fingerprint density at radius 2 is 2.05 bits per heavy atom. The number of amides is 1. The SMILES string of the molecule is O=C(CCc1ccc[nH]1)Nc1cccc2cccnc12. The van der Waals surface area contributed by atoms with Crippen molar-refractivity contribution in [2.45, 2.75) is 12.8 Å². The van der Waals surface area contributed by atoms with Gasteiger partial charge in [-0.05, 0) is 30.7 Å². The summed E-state index contributed by atoms with van der Waals surface area (Å²) >= 11 is 0. The quantitative estimate of drug-likeness (QED) is 0.761. The first kappa shape index (κ1) is 12.4. The highest BCUT2D eigenvalue weighted by Gasteiger charge is 2.07. The fourth-order valence-electron chi connectivity index (χ4n) is 2.19. The van der Waals surface area contributed by atoms with Crippen LogP contribution in [0.3, 0.4) is 0 Å². The zero-order chi connectivity index (χ0) is 13.8. The highest BCUT2D eigenvalue weighted by atomic mass is 16.1. The molecule has 0 aliphatic carbocycles. The number of hydrogen-bond acceptors (Lipinski definition) is 2. The van der Waals surface area contributed by atoms with Gasteiger partial charge in [0.1, 0.15) is 0 Å². The number of nitrogens with zero attached hydrogens (tertiary/aromatic N) is 1. The Hall–Kier alpha value is -2.62. The number of para-hydroxylation sites is 1. The van der Waals surface area contributed by atoms with Gasteiger partial charge in [0.15, 0.2) is 0 Å². The second-order valence-electron chi connectivity index (χ2n) is 4.62. The minimum absolute atomic E-state index is 0.00208. The number of carbonyl (C=O) groups is 1. The normalized spacial score (nSPS) is 10.6. The predicted octanol–water partition coefficient (Wildman–Crippen LogP) is 3.13. The van der Waals surface area contributed by atoms with Crippen LogP contribution in [0, 0.1) is 0 Å². The third kappa shape index (κ3) is 2.69. The van der Waals surface area contributed by atoms with Crippen LogP contribution in [0.4, 0.5) is 5.69 Å². The van der Waals surface area contributed by atoms with Crippen LogP contribution in [0.15, 0.2) is 54.9 Å². The van der Waals surface area contributed by atoms with E-state index in [4.69, 9.17) is 0 Å². The maximum absolute atomic E-state index is 12.0.